The zero-order valence-electron chi connectivity index (χ0n) is 17.6. The number of rotatable bonds is 7. The van der Waals surface area contributed by atoms with Gasteiger partial charge in [-0.05, 0) is 44.2 Å². The minimum absolute atomic E-state index is 0.409. The van der Waals surface area contributed by atoms with Crippen molar-refractivity contribution < 1.29 is 14.3 Å². The van der Waals surface area contributed by atoms with Gasteiger partial charge in [-0.25, -0.2) is 4.79 Å². The van der Waals surface area contributed by atoms with Crippen LogP contribution in [0.5, 0.6) is 5.75 Å². The van der Waals surface area contributed by atoms with Gasteiger partial charge in [0.2, 0.25) is 5.91 Å². The molecule has 32 heavy (non-hydrogen) atoms. The standard InChI is InChI=1S/C21H21Cl2N5O3S/c1-4-24-20(30)25-19(29)12(2)32-21-27-26-18(13-6-5-7-14(22)10-13)28(21)16-11-15(23)8-9-17(16)31-3/h5-12H,4H2,1-3H3,(H2,24,25,29,30). The van der Waals surface area contributed by atoms with Crippen LogP contribution < -0.4 is 15.4 Å². The number of halogens is 2. The van der Waals surface area contributed by atoms with Crippen LogP contribution in [0, 0.1) is 0 Å². The molecule has 3 amide bonds. The SMILES string of the molecule is CCNC(=O)NC(=O)C(C)Sc1nnc(-c2cccc(Cl)c2)n1-c1cc(Cl)ccc1OC. The summed E-state index contributed by atoms with van der Waals surface area (Å²) >= 11 is 13.6. The number of nitrogens with zero attached hydrogens (tertiary/aromatic N) is 3. The summed E-state index contributed by atoms with van der Waals surface area (Å²) in [6.45, 7) is 3.85. The highest BCUT2D eigenvalue weighted by molar-refractivity contribution is 8.00. The van der Waals surface area contributed by atoms with Gasteiger partial charge in [-0.15, -0.1) is 10.2 Å². The van der Waals surface area contributed by atoms with Gasteiger partial charge in [0.1, 0.15) is 5.75 Å². The molecule has 2 aromatic carbocycles. The smallest absolute Gasteiger partial charge is 0.321 e. The van der Waals surface area contributed by atoms with Crippen LogP contribution in [0.25, 0.3) is 17.1 Å². The molecule has 0 aliphatic rings. The van der Waals surface area contributed by atoms with Crippen LogP contribution in [0.3, 0.4) is 0 Å². The average molecular weight is 494 g/mol. The molecule has 0 bridgehead atoms. The van der Waals surface area contributed by atoms with Gasteiger partial charge in [-0.1, -0.05) is 47.1 Å². The van der Waals surface area contributed by atoms with Crippen molar-refractivity contribution in [1.29, 1.82) is 0 Å². The summed E-state index contributed by atoms with van der Waals surface area (Å²) in [6, 6.07) is 11.8. The molecule has 1 aromatic heterocycles. The maximum absolute atomic E-state index is 12.5. The number of methoxy groups -OCH3 is 1. The quantitative estimate of drug-likeness (QED) is 0.467. The van der Waals surface area contributed by atoms with Crippen LogP contribution in [-0.4, -0.2) is 45.6 Å². The number of hydrogen-bond acceptors (Lipinski definition) is 6. The summed E-state index contributed by atoms with van der Waals surface area (Å²) in [5.41, 5.74) is 1.32. The van der Waals surface area contributed by atoms with Crippen molar-refractivity contribution in [2.24, 2.45) is 0 Å². The predicted molar refractivity (Wildman–Crippen MR) is 126 cm³/mol. The minimum atomic E-state index is -0.641. The van der Waals surface area contributed by atoms with Crippen molar-refractivity contribution in [3.63, 3.8) is 0 Å². The van der Waals surface area contributed by atoms with Gasteiger partial charge in [-0.3, -0.25) is 14.7 Å². The lowest BCUT2D eigenvalue weighted by Crippen LogP contribution is -2.42. The second kappa shape index (κ2) is 10.7. The summed E-state index contributed by atoms with van der Waals surface area (Å²) in [5.74, 6) is 0.573. The van der Waals surface area contributed by atoms with E-state index in [4.69, 9.17) is 27.9 Å². The fourth-order valence-electron chi connectivity index (χ4n) is 2.85. The van der Waals surface area contributed by atoms with E-state index in [1.165, 1.54) is 0 Å². The van der Waals surface area contributed by atoms with Gasteiger partial charge in [0.05, 0.1) is 18.0 Å². The number of benzene rings is 2. The Kier molecular flexibility index (Phi) is 8.00. The Hall–Kier alpha value is -2.75. The van der Waals surface area contributed by atoms with E-state index < -0.39 is 17.2 Å². The Morgan fingerprint density at radius 2 is 1.91 bits per heavy atom. The summed E-state index contributed by atoms with van der Waals surface area (Å²) in [5, 5.41) is 14.3. The van der Waals surface area contributed by atoms with Crippen LogP contribution in [0.15, 0.2) is 47.6 Å². The molecule has 11 heteroatoms. The lowest BCUT2D eigenvalue weighted by Gasteiger charge is -2.16. The van der Waals surface area contributed by atoms with E-state index in [2.05, 4.69) is 20.8 Å². The third-order valence-corrected chi connectivity index (χ3v) is 5.84. The molecule has 0 spiro atoms. The molecule has 1 heterocycles. The first-order chi connectivity index (χ1) is 15.3. The van der Waals surface area contributed by atoms with E-state index in [-0.39, 0.29) is 0 Å². The number of imide groups is 1. The molecule has 0 radical (unpaired) electrons. The van der Waals surface area contributed by atoms with Crippen molar-refractivity contribution in [3.8, 4) is 22.8 Å². The molecule has 3 aromatic rings. The third-order valence-electron chi connectivity index (χ3n) is 4.32. The Morgan fingerprint density at radius 3 is 2.59 bits per heavy atom. The topological polar surface area (TPSA) is 98.1 Å². The number of hydrogen-bond donors (Lipinski definition) is 2. The first-order valence-corrected chi connectivity index (χ1v) is 11.3. The molecule has 0 aliphatic carbocycles. The highest BCUT2D eigenvalue weighted by atomic mass is 35.5. The summed E-state index contributed by atoms with van der Waals surface area (Å²) in [6.07, 6.45) is 0. The number of aromatic nitrogens is 3. The predicted octanol–water partition coefficient (Wildman–Crippen LogP) is 4.58. The van der Waals surface area contributed by atoms with Crippen molar-refractivity contribution in [1.82, 2.24) is 25.4 Å². The van der Waals surface area contributed by atoms with Crippen molar-refractivity contribution in [2.45, 2.75) is 24.3 Å². The Labute approximate surface area is 199 Å². The number of carbonyl (C=O) groups excluding carboxylic acids is 2. The van der Waals surface area contributed by atoms with Gasteiger partial charge in [0.25, 0.3) is 0 Å². The monoisotopic (exact) mass is 493 g/mol. The Balaban J connectivity index is 2.05. The lowest BCUT2D eigenvalue weighted by atomic mass is 10.2. The molecule has 2 N–H and O–H groups in total. The number of amides is 3. The van der Waals surface area contributed by atoms with Crippen molar-refractivity contribution in [3.05, 3.63) is 52.5 Å². The van der Waals surface area contributed by atoms with Crippen LogP contribution >= 0.6 is 35.0 Å². The summed E-state index contributed by atoms with van der Waals surface area (Å²) < 4.78 is 7.27. The highest BCUT2D eigenvalue weighted by Gasteiger charge is 2.24. The van der Waals surface area contributed by atoms with Gasteiger partial charge < -0.3 is 10.1 Å². The number of ether oxygens (including phenoxy) is 1. The Bertz CT molecular complexity index is 1140. The number of urea groups is 1. The van der Waals surface area contributed by atoms with E-state index in [0.29, 0.717) is 39.0 Å². The van der Waals surface area contributed by atoms with E-state index in [1.54, 1.807) is 61.9 Å². The van der Waals surface area contributed by atoms with E-state index >= 15 is 0 Å². The molecule has 0 saturated heterocycles. The molecule has 0 saturated carbocycles. The molecule has 3 rings (SSSR count). The number of nitrogens with one attached hydrogen (secondary N) is 2. The maximum Gasteiger partial charge on any atom is 0.321 e. The van der Waals surface area contributed by atoms with E-state index in [1.807, 2.05) is 6.07 Å². The average Bonchev–Trinajstić information content (AvgIpc) is 3.17. The minimum Gasteiger partial charge on any atom is -0.495 e. The first-order valence-electron chi connectivity index (χ1n) is 9.64. The molecular weight excluding hydrogens is 473 g/mol. The molecular formula is C21H21Cl2N5O3S. The zero-order valence-corrected chi connectivity index (χ0v) is 19.9. The second-order valence-electron chi connectivity index (χ2n) is 6.58. The summed E-state index contributed by atoms with van der Waals surface area (Å²) in [7, 11) is 1.55. The molecule has 168 valence electrons. The fraction of sp³-hybridized carbons (Fsp3) is 0.238. The maximum atomic E-state index is 12.5. The normalized spacial score (nSPS) is 11.7. The number of thioether (sulfide) groups is 1. The Morgan fingerprint density at radius 1 is 1.16 bits per heavy atom. The van der Waals surface area contributed by atoms with Crippen LogP contribution in [0.2, 0.25) is 10.0 Å². The lowest BCUT2D eigenvalue weighted by molar-refractivity contribution is -0.119. The van der Waals surface area contributed by atoms with Gasteiger partial charge in [0.15, 0.2) is 11.0 Å². The van der Waals surface area contributed by atoms with Crippen molar-refractivity contribution >= 4 is 46.9 Å². The highest BCUT2D eigenvalue weighted by Crippen LogP contribution is 2.35. The molecule has 1 unspecified atom stereocenters. The molecule has 1 atom stereocenters. The van der Waals surface area contributed by atoms with Crippen LogP contribution in [0.4, 0.5) is 4.79 Å². The van der Waals surface area contributed by atoms with Crippen LogP contribution in [-0.2, 0) is 4.79 Å². The molecule has 0 aliphatic heterocycles. The zero-order chi connectivity index (χ0) is 23.3. The summed E-state index contributed by atoms with van der Waals surface area (Å²) in [4.78, 5) is 24.2. The first kappa shape index (κ1) is 23.9. The molecule has 0 fully saturated rings. The fourth-order valence-corrected chi connectivity index (χ4v) is 4.06. The van der Waals surface area contributed by atoms with E-state index in [9.17, 15) is 9.59 Å². The van der Waals surface area contributed by atoms with Gasteiger partial charge >= 0.3 is 6.03 Å². The van der Waals surface area contributed by atoms with Crippen molar-refractivity contribution in [2.75, 3.05) is 13.7 Å². The second-order valence-corrected chi connectivity index (χ2v) is 8.76. The van der Waals surface area contributed by atoms with Gasteiger partial charge in [0, 0.05) is 22.2 Å². The number of carbonyl (C=O) groups is 2. The largest absolute Gasteiger partial charge is 0.495 e. The van der Waals surface area contributed by atoms with Gasteiger partial charge in [-0.2, -0.15) is 0 Å². The van der Waals surface area contributed by atoms with Crippen LogP contribution in [0.1, 0.15) is 13.8 Å². The third kappa shape index (κ3) is 5.53. The molecule has 8 nitrogen and oxygen atoms in total. The van der Waals surface area contributed by atoms with E-state index in [0.717, 1.165) is 17.3 Å².